The molecule has 2 N–H and O–H groups in total. The van der Waals surface area contributed by atoms with Crippen molar-refractivity contribution in [1.82, 2.24) is 5.32 Å². The van der Waals surface area contributed by atoms with Gasteiger partial charge >= 0.3 is 6.09 Å². The molecule has 7 heteroatoms. The van der Waals surface area contributed by atoms with Crippen molar-refractivity contribution in [2.75, 3.05) is 0 Å². The molecule has 0 heterocycles. The van der Waals surface area contributed by atoms with Gasteiger partial charge in [-0.15, -0.1) is 0 Å². The Kier molecular flexibility index (Phi) is 3.96. The molecular formula is C13H12F3NO3. The minimum Gasteiger partial charge on any atom is -0.465 e. The van der Waals surface area contributed by atoms with Gasteiger partial charge in [0.05, 0.1) is 0 Å². The van der Waals surface area contributed by atoms with E-state index in [1.54, 1.807) is 0 Å². The van der Waals surface area contributed by atoms with Crippen LogP contribution in [0.15, 0.2) is 12.1 Å². The normalized spacial score (nSPS) is 22.6. The first-order chi connectivity index (χ1) is 9.38. The van der Waals surface area contributed by atoms with Gasteiger partial charge in [0, 0.05) is 30.9 Å². The molecule has 1 saturated carbocycles. The topological polar surface area (TPSA) is 66.4 Å². The Morgan fingerprint density at radius 3 is 2.50 bits per heavy atom. The second-order valence-electron chi connectivity index (χ2n) is 4.73. The van der Waals surface area contributed by atoms with Crippen LogP contribution in [-0.2, 0) is 4.79 Å². The lowest BCUT2D eigenvalue weighted by molar-refractivity contribution is -0.121. The first-order valence-electron chi connectivity index (χ1n) is 6.04. The van der Waals surface area contributed by atoms with E-state index in [1.165, 1.54) is 0 Å². The van der Waals surface area contributed by atoms with Gasteiger partial charge < -0.3 is 10.4 Å². The molecule has 1 aliphatic rings. The zero-order valence-corrected chi connectivity index (χ0v) is 10.3. The van der Waals surface area contributed by atoms with Crippen LogP contribution in [0.3, 0.4) is 0 Å². The van der Waals surface area contributed by atoms with Gasteiger partial charge in [-0.25, -0.2) is 18.0 Å². The quantitative estimate of drug-likeness (QED) is 0.822. The van der Waals surface area contributed by atoms with Gasteiger partial charge in [0.15, 0.2) is 11.6 Å². The van der Waals surface area contributed by atoms with Crippen molar-refractivity contribution >= 4 is 11.9 Å². The molecular weight excluding hydrogens is 275 g/mol. The number of hydrogen-bond donors (Lipinski definition) is 2. The molecule has 4 nitrogen and oxygen atoms in total. The third-order valence-electron chi connectivity index (χ3n) is 3.42. The van der Waals surface area contributed by atoms with E-state index in [0.29, 0.717) is 6.07 Å². The highest BCUT2D eigenvalue weighted by Gasteiger charge is 2.33. The summed E-state index contributed by atoms with van der Waals surface area (Å²) in [5, 5.41) is 10.9. The van der Waals surface area contributed by atoms with E-state index in [9.17, 15) is 22.8 Å². The van der Waals surface area contributed by atoms with Gasteiger partial charge in [-0.2, -0.15) is 0 Å². The second kappa shape index (κ2) is 5.52. The summed E-state index contributed by atoms with van der Waals surface area (Å²) in [6.45, 7) is 0. The summed E-state index contributed by atoms with van der Waals surface area (Å²) in [7, 11) is 0. The van der Waals surface area contributed by atoms with Gasteiger partial charge in [-0.05, 0) is 18.1 Å². The molecule has 2 rings (SSSR count). The summed E-state index contributed by atoms with van der Waals surface area (Å²) in [5.74, 6) is -4.30. The van der Waals surface area contributed by atoms with Gasteiger partial charge in [0.1, 0.15) is 11.6 Å². The van der Waals surface area contributed by atoms with Gasteiger partial charge in [0.25, 0.3) is 0 Å². The molecule has 1 fully saturated rings. The van der Waals surface area contributed by atoms with Crippen LogP contribution in [0.4, 0.5) is 18.0 Å². The number of rotatable bonds is 2. The van der Waals surface area contributed by atoms with Crippen molar-refractivity contribution < 1.29 is 27.9 Å². The molecule has 108 valence electrons. The summed E-state index contributed by atoms with van der Waals surface area (Å²) in [6.07, 6.45) is -1.10. The first kappa shape index (κ1) is 14.4. The van der Waals surface area contributed by atoms with Crippen LogP contribution < -0.4 is 5.32 Å². The van der Waals surface area contributed by atoms with E-state index >= 15 is 0 Å². The summed E-state index contributed by atoms with van der Waals surface area (Å²) in [6, 6.07) is 0.314. The smallest absolute Gasteiger partial charge is 0.404 e. The maximum Gasteiger partial charge on any atom is 0.404 e. The van der Waals surface area contributed by atoms with Gasteiger partial charge in [-0.3, -0.25) is 4.79 Å². The number of ketones is 1. The number of Topliss-reactive ketones (excluding diaryl/α,β-unsaturated/α-hetero) is 1. The fourth-order valence-electron chi connectivity index (χ4n) is 2.51. The van der Waals surface area contributed by atoms with Crippen molar-refractivity contribution in [2.24, 2.45) is 0 Å². The molecule has 1 amide bonds. The molecule has 2 unspecified atom stereocenters. The molecule has 2 atom stereocenters. The number of carboxylic acid groups (broad SMARTS) is 1. The number of benzene rings is 1. The lowest BCUT2D eigenvalue weighted by Gasteiger charge is -2.31. The molecule has 0 aliphatic heterocycles. The van der Waals surface area contributed by atoms with Gasteiger partial charge in [-0.1, -0.05) is 0 Å². The predicted octanol–water partition coefficient (Wildman–Crippen LogP) is 2.58. The first-order valence-corrected chi connectivity index (χ1v) is 6.04. The highest BCUT2D eigenvalue weighted by atomic mass is 19.2. The molecule has 0 radical (unpaired) electrons. The van der Waals surface area contributed by atoms with E-state index < -0.39 is 35.5 Å². The molecule has 1 aliphatic carbocycles. The Balaban J connectivity index is 2.35. The lowest BCUT2D eigenvalue weighted by Crippen LogP contribution is -2.43. The largest absolute Gasteiger partial charge is 0.465 e. The van der Waals surface area contributed by atoms with Crippen LogP contribution in [0.25, 0.3) is 0 Å². The molecule has 0 spiro atoms. The Morgan fingerprint density at radius 1 is 1.20 bits per heavy atom. The van der Waals surface area contributed by atoms with E-state index in [2.05, 4.69) is 5.32 Å². The van der Waals surface area contributed by atoms with Crippen molar-refractivity contribution in [1.29, 1.82) is 0 Å². The van der Waals surface area contributed by atoms with E-state index in [-0.39, 0.29) is 30.6 Å². The number of carbonyl (C=O) groups excluding carboxylic acids is 1. The minimum atomic E-state index is -1.35. The van der Waals surface area contributed by atoms with Crippen LogP contribution in [0.2, 0.25) is 0 Å². The minimum absolute atomic E-state index is 0.0879. The van der Waals surface area contributed by atoms with Crippen LogP contribution in [0.5, 0.6) is 0 Å². The molecule has 1 aromatic carbocycles. The monoisotopic (exact) mass is 287 g/mol. The summed E-state index contributed by atoms with van der Waals surface area (Å²) >= 11 is 0. The molecule has 0 aromatic heterocycles. The summed E-state index contributed by atoms with van der Waals surface area (Å²) in [4.78, 5) is 22.1. The zero-order chi connectivity index (χ0) is 14.9. The van der Waals surface area contributed by atoms with E-state index in [4.69, 9.17) is 5.11 Å². The van der Waals surface area contributed by atoms with Crippen LogP contribution in [0, 0.1) is 17.5 Å². The lowest BCUT2D eigenvalue weighted by atomic mass is 9.79. The van der Waals surface area contributed by atoms with Crippen molar-refractivity contribution in [3.63, 3.8) is 0 Å². The second-order valence-corrected chi connectivity index (χ2v) is 4.73. The molecule has 1 aromatic rings. The fourth-order valence-corrected chi connectivity index (χ4v) is 2.51. The Labute approximate surface area is 112 Å². The van der Waals surface area contributed by atoms with Crippen LogP contribution >= 0.6 is 0 Å². The Morgan fingerprint density at radius 2 is 1.85 bits per heavy atom. The third-order valence-corrected chi connectivity index (χ3v) is 3.42. The Hall–Kier alpha value is -2.05. The number of amides is 1. The van der Waals surface area contributed by atoms with E-state index in [0.717, 1.165) is 6.07 Å². The Bertz CT molecular complexity index is 560. The number of carbonyl (C=O) groups is 2. The van der Waals surface area contributed by atoms with Crippen LogP contribution in [-0.4, -0.2) is 23.0 Å². The molecule has 20 heavy (non-hydrogen) atoms. The molecule has 0 saturated heterocycles. The summed E-state index contributed by atoms with van der Waals surface area (Å²) in [5.41, 5.74) is -0.116. The average molecular weight is 287 g/mol. The van der Waals surface area contributed by atoms with Gasteiger partial charge in [0.2, 0.25) is 0 Å². The average Bonchev–Trinajstić information content (AvgIpc) is 2.34. The fraction of sp³-hybridized carbons (Fsp3) is 0.385. The maximum atomic E-state index is 13.8. The number of hydrogen-bond acceptors (Lipinski definition) is 2. The highest BCUT2D eigenvalue weighted by Crippen LogP contribution is 2.34. The predicted molar refractivity (Wildman–Crippen MR) is 62.9 cm³/mol. The highest BCUT2D eigenvalue weighted by molar-refractivity contribution is 5.81. The number of nitrogens with one attached hydrogen (secondary N) is 1. The van der Waals surface area contributed by atoms with Crippen LogP contribution in [0.1, 0.15) is 30.7 Å². The maximum absolute atomic E-state index is 13.8. The van der Waals surface area contributed by atoms with Crippen molar-refractivity contribution in [3.05, 3.63) is 35.1 Å². The standard InChI is InChI=1S/C13H12F3NO3/c14-9-5-11(16)10(15)4-8(9)7-2-1-6(18)3-12(7)17-13(19)20/h4-5,7,12,17H,1-3H2,(H,19,20). The molecule has 0 bridgehead atoms. The number of halogens is 3. The third kappa shape index (κ3) is 2.92. The zero-order valence-electron chi connectivity index (χ0n) is 10.3. The van der Waals surface area contributed by atoms with Crippen molar-refractivity contribution in [3.8, 4) is 0 Å². The SMILES string of the molecule is O=C1CCC(c2cc(F)c(F)cc2F)C(NC(=O)O)C1. The van der Waals surface area contributed by atoms with Crippen molar-refractivity contribution in [2.45, 2.75) is 31.2 Å². The van der Waals surface area contributed by atoms with E-state index in [1.807, 2.05) is 0 Å². The summed E-state index contributed by atoms with van der Waals surface area (Å²) < 4.78 is 39.9.